The van der Waals surface area contributed by atoms with Crippen LogP contribution >= 0.6 is 0 Å². The van der Waals surface area contributed by atoms with Crippen molar-refractivity contribution in [3.05, 3.63) is 82.6 Å². The molecule has 0 spiro atoms. The van der Waals surface area contributed by atoms with Crippen molar-refractivity contribution in [2.45, 2.75) is 19.9 Å². The zero-order valence-corrected chi connectivity index (χ0v) is 14.4. The van der Waals surface area contributed by atoms with Crippen molar-refractivity contribution >= 4 is 11.8 Å². The maximum atomic E-state index is 13.7. The summed E-state index contributed by atoms with van der Waals surface area (Å²) in [6.45, 7) is 3.87. The van der Waals surface area contributed by atoms with Crippen molar-refractivity contribution in [3.63, 3.8) is 0 Å². The standard InChI is InChI=1S/C20H18F2N2O2/c1-3-24-12(2)17(19(25)13-7-5-4-6-8-13)18(23-20(24)26)14-9-10-15(21)16(22)11-14/h4-11,18H,3H2,1-2H3,(H,23,26). The third-order valence-electron chi connectivity index (χ3n) is 4.47. The molecular formula is C20H18F2N2O2. The molecule has 1 aliphatic heterocycles. The summed E-state index contributed by atoms with van der Waals surface area (Å²) in [7, 11) is 0. The number of amides is 2. The Morgan fingerprint density at radius 2 is 1.81 bits per heavy atom. The van der Waals surface area contributed by atoms with Crippen molar-refractivity contribution in [3.8, 4) is 0 Å². The number of Topliss-reactive ketones (excluding diaryl/α,β-unsaturated/α-hetero) is 1. The number of benzene rings is 2. The summed E-state index contributed by atoms with van der Waals surface area (Å²) in [5, 5.41) is 2.73. The van der Waals surface area contributed by atoms with E-state index in [0.717, 1.165) is 12.1 Å². The summed E-state index contributed by atoms with van der Waals surface area (Å²) in [6, 6.07) is 10.8. The van der Waals surface area contributed by atoms with Gasteiger partial charge in [-0.25, -0.2) is 13.6 Å². The van der Waals surface area contributed by atoms with E-state index in [2.05, 4.69) is 5.32 Å². The zero-order valence-electron chi connectivity index (χ0n) is 14.4. The fraction of sp³-hybridized carbons (Fsp3) is 0.200. The van der Waals surface area contributed by atoms with Crippen molar-refractivity contribution < 1.29 is 18.4 Å². The number of carbonyl (C=O) groups is 2. The smallest absolute Gasteiger partial charge is 0.322 e. The number of allylic oxidation sites excluding steroid dienone is 1. The van der Waals surface area contributed by atoms with E-state index in [1.807, 2.05) is 0 Å². The van der Waals surface area contributed by atoms with Crippen LogP contribution in [0, 0.1) is 11.6 Å². The molecule has 4 nitrogen and oxygen atoms in total. The van der Waals surface area contributed by atoms with Crippen LogP contribution in [0.25, 0.3) is 0 Å². The van der Waals surface area contributed by atoms with Crippen LogP contribution in [0.3, 0.4) is 0 Å². The van der Waals surface area contributed by atoms with Crippen LogP contribution < -0.4 is 5.32 Å². The second kappa shape index (κ2) is 7.07. The van der Waals surface area contributed by atoms with Crippen LogP contribution in [-0.2, 0) is 0 Å². The van der Waals surface area contributed by atoms with Gasteiger partial charge in [0.15, 0.2) is 17.4 Å². The molecule has 0 radical (unpaired) electrons. The minimum atomic E-state index is -1.03. The Hall–Kier alpha value is -3.02. The number of hydrogen-bond donors (Lipinski definition) is 1. The minimum absolute atomic E-state index is 0.267. The van der Waals surface area contributed by atoms with E-state index >= 15 is 0 Å². The molecular weight excluding hydrogens is 338 g/mol. The SMILES string of the molecule is CCN1C(=O)NC(c2ccc(F)c(F)c2)C(C(=O)c2ccccc2)=C1C. The number of carbonyl (C=O) groups excluding carboxylic acids is 2. The Bertz CT molecular complexity index is 894. The van der Waals surface area contributed by atoms with Gasteiger partial charge in [0.2, 0.25) is 0 Å². The van der Waals surface area contributed by atoms with Gasteiger partial charge in [0.25, 0.3) is 0 Å². The van der Waals surface area contributed by atoms with Gasteiger partial charge in [-0.05, 0) is 31.5 Å². The first-order valence-electron chi connectivity index (χ1n) is 8.27. The van der Waals surface area contributed by atoms with Gasteiger partial charge in [-0.2, -0.15) is 0 Å². The van der Waals surface area contributed by atoms with E-state index in [9.17, 15) is 18.4 Å². The molecule has 1 N–H and O–H groups in total. The minimum Gasteiger partial charge on any atom is -0.327 e. The third-order valence-corrected chi connectivity index (χ3v) is 4.47. The average Bonchev–Trinajstić information content (AvgIpc) is 2.64. The molecule has 0 saturated heterocycles. The number of urea groups is 1. The zero-order chi connectivity index (χ0) is 18.8. The topological polar surface area (TPSA) is 49.4 Å². The maximum Gasteiger partial charge on any atom is 0.322 e. The van der Waals surface area contributed by atoms with Crippen LogP contribution in [0.2, 0.25) is 0 Å². The summed E-state index contributed by atoms with van der Waals surface area (Å²) in [6.07, 6.45) is 0. The molecule has 2 aromatic carbocycles. The summed E-state index contributed by atoms with van der Waals surface area (Å²) in [5.74, 6) is -2.28. The van der Waals surface area contributed by atoms with E-state index in [4.69, 9.17) is 0 Å². The highest BCUT2D eigenvalue weighted by molar-refractivity contribution is 6.11. The predicted molar refractivity (Wildman–Crippen MR) is 93.5 cm³/mol. The summed E-state index contributed by atoms with van der Waals surface area (Å²) in [5.41, 5.74) is 1.61. The molecule has 3 rings (SSSR count). The molecule has 134 valence electrons. The molecule has 1 heterocycles. The fourth-order valence-corrected chi connectivity index (χ4v) is 3.14. The number of ketones is 1. The second-order valence-electron chi connectivity index (χ2n) is 5.99. The molecule has 0 fully saturated rings. The monoisotopic (exact) mass is 356 g/mol. The number of rotatable bonds is 4. The van der Waals surface area contributed by atoms with E-state index in [1.54, 1.807) is 44.2 Å². The lowest BCUT2D eigenvalue weighted by Crippen LogP contribution is -2.47. The first-order valence-corrected chi connectivity index (χ1v) is 8.27. The lowest BCUT2D eigenvalue weighted by Gasteiger charge is -2.35. The van der Waals surface area contributed by atoms with E-state index < -0.39 is 17.7 Å². The van der Waals surface area contributed by atoms with E-state index in [1.165, 1.54) is 11.0 Å². The Morgan fingerprint density at radius 1 is 1.12 bits per heavy atom. The van der Waals surface area contributed by atoms with Gasteiger partial charge >= 0.3 is 6.03 Å². The van der Waals surface area contributed by atoms with Gasteiger partial charge < -0.3 is 5.32 Å². The Balaban J connectivity index is 2.15. The molecule has 0 saturated carbocycles. The van der Waals surface area contributed by atoms with E-state index in [-0.39, 0.29) is 11.8 Å². The molecule has 2 aromatic rings. The average molecular weight is 356 g/mol. The molecule has 0 bridgehead atoms. The number of hydrogen-bond acceptors (Lipinski definition) is 2. The predicted octanol–water partition coefficient (Wildman–Crippen LogP) is 4.21. The first kappa shape index (κ1) is 17.8. The third kappa shape index (κ3) is 3.10. The van der Waals surface area contributed by atoms with Crippen LogP contribution in [0.5, 0.6) is 0 Å². The Labute approximate surface area is 150 Å². The molecule has 26 heavy (non-hydrogen) atoms. The van der Waals surface area contributed by atoms with Gasteiger partial charge in [-0.1, -0.05) is 36.4 Å². The number of halogens is 2. The van der Waals surface area contributed by atoms with Crippen LogP contribution in [0.4, 0.5) is 13.6 Å². The summed E-state index contributed by atoms with van der Waals surface area (Å²) < 4.78 is 27.0. The van der Waals surface area contributed by atoms with Gasteiger partial charge in [-0.3, -0.25) is 9.69 Å². The molecule has 2 amide bonds. The lowest BCUT2D eigenvalue weighted by molar-refractivity contribution is 0.101. The highest BCUT2D eigenvalue weighted by Crippen LogP contribution is 2.33. The van der Waals surface area contributed by atoms with Crippen LogP contribution in [0.15, 0.2) is 59.8 Å². The largest absolute Gasteiger partial charge is 0.327 e. The Morgan fingerprint density at radius 3 is 2.42 bits per heavy atom. The molecule has 0 aliphatic carbocycles. The fourth-order valence-electron chi connectivity index (χ4n) is 3.14. The summed E-state index contributed by atoms with van der Waals surface area (Å²) >= 11 is 0. The van der Waals surface area contributed by atoms with Gasteiger partial charge in [0.05, 0.1) is 6.04 Å². The highest BCUT2D eigenvalue weighted by Gasteiger charge is 2.35. The molecule has 6 heteroatoms. The van der Waals surface area contributed by atoms with Crippen molar-refractivity contribution in [1.29, 1.82) is 0 Å². The maximum absolute atomic E-state index is 13.7. The van der Waals surface area contributed by atoms with Gasteiger partial charge in [0.1, 0.15) is 0 Å². The molecule has 1 unspecified atom stereocenters. The lowest BCUT2D eigenvalue weighted by atomic mass is 9.89. The van der Waals surface area contributed by atoms with Crippen molar-refractivity contribution in [1.82, 2.24) is 10.2 Å². The van der Waals surface area contributed by atoms with Crippen LogP contribution in [-0.4, -0.2) is 23.3 Å². The quantitative estimate of drug-likeness (QED) is 0.835. The highest BCUT2D eigenvalue weighted by atomic mass is 19.2. The van der Waals surface area contributed by atoms with Gasteiger partial charge in [0, 0.05) is 23.4 Å². The van der Waals surface area contributed by atoms with Crippen LogP contribution in [0.1, 0.15) is 35.8 Å². The molecule has 0 aromatic heterocycles. The van der Waals surface area contributed by atoms with Crippen molar-refractivity contribution in [2.75, 3.05) is 6.54 Å². The molecule has 1 aliphatic rings. The van der Waals surface area contributed by atoms with Crippen molar-refractivity contribution in [2.24, 2.45) is 0 Å². The second-order valence-corrected chi connectivity index (χ2v) is 5.99. The van der Waals surface area contributed by atoms with E-state index in [0.29, 0.717) is 28.9 Å². The molecule has 1 atom stereocenters. The summed E-state index contributed by atoms with van der Waals surface area (Å²) in [4.78, 5) is 26.9. The first-order chi connectivity index (χ1) is 12.4. The normalized spacial score (nSPS) is 17.3. The van der Waals surface area contributed by atoms with Gasteiger partial charge in [-0.15, -0.1) is 0 Å². The number of nitrogens with one attached hydrogen (secondary N) is 1. The number of nitrogens with zero attached hydrogens (tertiary/aromatic N) is 1. The Kier molecular flexibility index (Phi) is 4.84.